The van der Waals surface area contributed by atoms with E-state index in [0.717, 1.165) is 0 Å². The van der Waals surface area contributed by atoms with Gasteiger partial charge in [0.1, 0.15) is 0 Å². The van der Waals surface area contributed by atoms with E-state index in [9.17, 15) is 9.59 Å². The molecule has 1 aromatic carbocycles. The molecule has 0 unspecified atom stereocenters. The minimum atomic E-state index is -0.387. The van der Waals surface area contributed by atoms with Gasteiger partial charge in [-0.2, -0.15) is 0 Å². The van der Waals surface area contributed by atoms with Crippen LogP contribution >= 0.6 is 23.2 Å². The Morgan fingerprint density at radius 2 is 1.94 bits per heavy atom. The number of hydrogen-bond donors (Lipinski definition) is 2. The van der Waals surface area contributed by atoms with Gasteiger partial charge in [-0.15, -0.1) is 6.58 Å². The molecule has 0 fully saturated rings. The summed E-state index contributed by atoms with van der Waals surface area (Å²) in [6.45, 7) is 3.72. The van der Waals surface area contributed by atoms with Crippen LogP contribution in [-0.4, -0.2) is 24.9 Å². The molecule has 0 saturated carbocycles. The zero-order valence-corrected chi connectivity index (χ0v) is 11.0. The number of nitrogens with one attached hydrogen (secondary N) is 2. The molecule has 0 aliphatic carbocycles. The van der Waals surface area contributed by atoms with E-state index in [1.807, 2.05) is 0 Å². The van der Waals surface area contributed by atoms with Gasteiger partial charge in [-0.05, 0) is 18.2 Å². The van der Waals surface area contributed by atoms with Crippen molar-refractivity contribution in [3.05, 3.63) is 46.5 Å². The second-order valence-electron chi connectivity index (χ2n) is 3.40. The first-order valence-electron chi connectivity index (χ1n) is 5.15. The summed E-state index contributed by atoms with van der Waals surface area (Å²) in [6.07, 6.45) is 1.55. The molecule has 0 bridgehead atoms. The standard InChI is InChI=1S/C12H12Cl2N2O2/c1-2-5-15-11(17)7-16-12(18)8-3-4-9(13)10(14)6-8/h2-4,6H,1,5,7H2,(H,15,17)(H,16,18). The first-order valence-corrected chi connectivity index (χ1v) is 5.91. The Balaban J connectivity index is 2.52. The largest absolute Gasteiger partial charge is 0.351 e. The predicted octanol–water partition coefficient (Wildman–Crippen LogP) is 2.03. The van der Waals surface area contributed by atoms with Crippen LogP contribution in [0.3, 0.4) is 0 Å². The van der Waals surface area contributed by atoms with E-state index in [1.54, 1.807) is 6.08 Å². The van der Waals surface area contributed by atoms with Gasteiger partial charge in [0, 0.05) is 12.1 Å². The van der Waals surface area contributed by atoms with E-state index in [4.69, 9.17) is 23.2 Å². The summed E-state index contributed by atoms with van der Waals surface area (Å²) >= 11 is 11.5. The molecule has 0 aliphatic rings. The molecule has 1 rings (SSSR count). The van der Waals surface area contributed by atoms with Gasteiger partial charge in [-0.25, -0.2) is 0 Å². The van der Waals surface area contributed by atoms with Crippen molar-refractivity contribution in [1.82, 2.24) is 10.6 Å². The van der Waals surface area contributed by atoms with Gasteiger partial charge in [0.05, 0.1) is 16.6 Å². The minimum Gasteiger partial charge on any atom is -0.351 e. The number of halogens is 2. The van der Waals surface area contributed by atoms with E-state index in [2.05, 4.69) is 17.2 Å². The van der Waals surface area contributed by atoms with Crippen LogP contribution < -0.4 is 10.6 Å². The van der Waals surface area contributed by atoms with Crippen molar-refractivity contribution in [1.29, 1.82) is 0 Å². The molecule has 0 spiro atoms. The molecular formula is C12H12Cl2N2O2. The summed E-state index contributed by atoms with van der Waals surface area (Å²) < 4.78 is 0. The Labute approximate surface area is 115 Å². The fourth-order valence-corrected chi connectivity index (χ4v) is 1.45. The molecule has 96 valence electrons. The summed E-state index contributed by atoms with van der Waals surface area (Å²) in [4.78, 5) is 22.9. The molecule has 0 heterocycles. The predicted molar refractivity (Wildman–Crippen MR) is 72.0 cm³/mol. The summed E-state index contributed by atoms with van der Waals surface area (Å²) in [5, 5.41) is 5.67. The Kier molecular flexibility index (Phi) is 5.68. The summed E-state index contributed by atoms with van der Waals surface area (Å²) in [5.41, 5.74) is 0.348. The minimum absolute atomic E-state index is 0.104. The van der Waals surface area contributed by atoms with Crippen molar-refractivity contribution in [3.63, 3.8) is 0 Å². The Hall–Kier alpha value is -1.52. The normalized spacial score (nSPS) is 9.67. The lowest BCUT2D eigenvalue weighted by atomic mass is 10.2. The third kappa shape index (κ3) is 4.39. The van der Waals surface area contributed by atoms with Gasteiger partial charge in [-0.3, -0.25) is 9.59 Å². The number of benzene rings is 1. The van der Waals surface area contributed by atoms with Crippen LogP contribution in [0.2, 0.25) is 10.0 Å². The number of rotatable bonds is 5. The van der Waals surface area contributed by atoms with Crippen LogP contribution in [0.1, 0.15) is 10.4 Å². The molecule has 1 aromatic rings. The van der Waals surface area contributed by atoms with E-state index in [-0.39, 0.29) is 18.4 Å². The Bertz CT molecular complexity index is 475. The average Bonchev–Trinajstić information content (AvgIpc) is 2.36. The van der Waals surface area contributed by atoms with Gasteiger partial charge in [0.2, 0.25) is 5.91 Å². The van der Waals surface area contributed by atoms with E-state index < -0.39 is 0 Å². The second kappa shape index (κ2) is 7.03. The maximum Gasteiger partial charge on any atom is 0.251 e. The smallest absolute Gasteiger partial charge is 0.251 e. The van der Waals surface area contributed by atoms with Crippen LogP contribution in [0, 0.1) is 0 Å². The molecule has 6 heteroatoms. The highest BCUT2D eigenvalue weighted by atomic mass is 35.5. The van der Waals surface area contributed by atoms with Gasteiger partial charge >= 0.3 is 0 Å². The maximum absolute atomic E-state index is 11.7. The highest BCUT2D eigenvalue weighted by molar-refractivity contribution is 6.42. The Morgan fingerprint density at radius 1 is 1.22 bits per heavy atom. The van der Waals surface area contributed by atoms with Crippen LogP contribution in [0.25, 0.3) is 0 Å². The zero-order valence-electron chi connectivity index (χ0n) is 9.50. The lowest BCUT2D eigenvalue weighted by molar-refractivity contribution is -0.119. The van der Waals surface area contributed by atoms with Crippen molar-refractivity contribution in [2.24, 2.45) is 0 Å². The third-order valence-electron chi connectivity index (χ3n) is 2.03. The lowest BCUT2D eigenvalue weighted by Crippen LogP contribution is -2.36. The third-order valence-corrected chi connectivity index (χ3v) is 2.77. The van der Waals surface area contributed by atoms with Crippen LogP contribution in [0.4, 0.5) is 0 Å². The van der Waals surface area contributed by atoms with Gasteiger partial charge in [0.15, 0.2) is 0 Å². The van der Waals surface area contributed by atoms with E-state index in [0.29, 0.717) is 22.2 Å². The SMILES string of the molecule is C=CCNC(=O)CNC(=O)c1ccc(Cl)c(Cl)c1. The molecule has 4 nitrogen and oxygen atoms in total. The van der Waals surface area contributed by atoms with E-state index in [1.165, 1.54) is 18.2 Å². The molecule has 0 radical (unpaired) electrons. The van der Waals surface area contributed by atoms with Crippen molar-refractivity contribution in [3.8, 4) is 0 Å². The fraction of sp³-hybridized carbons (Fsp3) is 0.167. The van der Waals surface area contributed by atoms with Crippen LogP contribution in [-0.2, 0) is 4.79 Å². The van der Waals surface area contributed by atoms with Gasteiger partial charge < -0.3 is 10.6 Å². The summed E-state index contributed by atoms with van der Waals surface area (Å²) in [7, 11) is 0. The van der Waals surface area contributed by atoms with E-state index >= 15 is 0 Å². The van der Waals surface area contributed by atoms with Gasteiger partial charge in [-0.1, -0.05) is 29.3 Å². The van der Waals surface area contributed by atoms with Crippen molar-refractivity contribution in [2.45, 2.75) is 0 Å². The zero-order chi connectivity index (χ0) is 13.5. The molecule has 18 heavy (non-hydrogen) atoms. The monoisotopic (exact) mass is 286 g/mol. The second-order valence-corrected chi connectivity index (χ2v) is 4.22. The van der Waals surface area contributed by atoms with Crippen LogP contribution in [0.5, 0.6) is 0 Å². The molecular weight excluding hydrogens is 275 g/mol. The number of hydrogen-bond acceptors (Lipinski definition) is 2. The molecule has 0 aromatic heterocycles. The Morgan fingerprint density at radius 3 is 2.56 bits per heavy atom. The molecule has 2 amide bonds. The lowest BCUT2D eigenvalue weighted by Gasteiger charge is -2.06. The number of amides is 2. The molecule has 2 N–H and O–H groups in total. The fourth-order valence-electron chi connectivity index (χ4n) is 1.15. The molecule has 0 atom stereocenters. The maximum atomic E-state index is 11.7. The number of carbonyl (C=O) groups excluding carboxylic acids is 2. The van der Waals surface area contributed by atoms with Crippen molar-refractivity contribution < 1.29 is 9.59 Å². The first-order chi connectivity index (χ1) is 8.54. The average molecular weight is 287 g/mol. The molecule has 0 aliphatic heterocycles. The summed E-state index contributed by atoms with van der Waals surface area (Å²) in [6, 6.07) is 4.50. The van der Waals surface area contributed by atoms with Crippen molar-refractivity contribution >= 4 is 35.0 Å². The number of carbonyl (C=O) groups is 2. The van der Waals surface area contributed by atoms with Crippen molar-refractivity contribution in [2.75, 3.05) is 13.1 Å². The quantitative estimate of drug-likeness (QED) is 0.814. The topological polar surface area (TPSA) is 58.2 Å². The highest BCUT2D eigenvalue weighted by Gasteiger charge is 2.09. The van der Waals surface area contributed by atoms with Crippen LogP contribution in [0.15, 0.2) is 30.9 Å². The molecule has 0 saturated heterocycles. The highest BCUT2D eigenvalue weighted by Crippen LogP contribution is 2.22. The summed E-state index contributed by atoms with van der Waals surface area (Å²) in [5.74, 6) is -0.675. The van der Waals surface area contributed by atoms with Gasteiger partial charge in [0.25, 0.3) is 5.91 Å². The first kappa shape index (κ1) is 14.5.